The second kappa shape index (κ2) is 9.67. The summed E-state index contributed by atoms with van der Waals surface area (Å²) in [7, 11) is 3.58. The Labute approximate surface area is 211 Å². The summed E-state index contributed by atoms with van der Waals surface area (Å²) in [6.07, 6.45) is 5.00. The Morgan fingerprint density at radius 2 is 1.69 bits per heavy atom. The van der Waals surface area contributed by atoms with Crippen molar-refractivity contribution in [3.05, 3.63) is 69.9 Å². The molecule has 36 heavy (non-hydrogen) atoms. The molecule has 0 bridgehead atoms. The summed E-state index contributed by atoms with van der Waals surface area (Å²) in [5, 5.41) is 14.2. The molecule has 0 amide bonds. The van der Waals surface area contributed by atoms with E-state index in [0.29, 0.717) is 5.75 Å². The number of methoxy groups -OCH3 is 1. The van der Waals surface area contributed by atoms with Crippen molar-refractivity contribution in [2.75, 3.05) is 7.11 Å². The minimum Gasteiger partial charge on any atom is -0.497 e. The normalized spacial score (nSPS) is 19.1. The van der Waals surface area contributed by atoms with Crippen LogP contribution < -0.4 is 4.74 Å². The SMILES string of the molecule is COc1ccc2c(c1)c([C@H](c1ccc([N+](=O)[O-])cc1)[C@@H](C=O)ON1C(C)(C)CCCC1(C)C)cn2C. The number of carbonyl (C=O) groups excluding carboxylic acids is 1. The highest BCUT2D eigenvalue weighted by Gasteiger charge is 2.45. The third kappa shape index (κ3) is 4.75. The highest BCUT2D eigenvalue weighted by Crippen LogP contribution is 2.42. The van der Waals surface area contributed by atoms with Gasteiger partial charge in [0.2, 0.25) is 0 Å². The quantitative estimate of drug-likeness (QED) is 0.225. The van der Waals surface area contributed by atoms with Crippen molar-refractivity contribution in [1.29, 1.82) is 0 Å². The first-order chi connectivity index (χ1) is 17.0. The van der Waals surface area contributed by atoms with Gasteiger partial charge in [0.15, 0.2) is 6.29 Å². The number of hydrogen-bond acceptors (Lipinski definition) is 6. The average Bonchev–Trinajstić information content (AvgIpc) is 3.15. The van der Waals surface area contributed by atoms with Gasteiger partial charge in [-0.1, -0.05) is 12.1 Å². The van der Waals surface area contributed by atoms with Gasteiger partial charge in [0.1, 0.15) is 11.9 Å². The third-order valence-electron chi connectivity index (χ3n) is 7.39. The second-order valence-corrected chi connectivity index (χ2v) is 10.9. The van der Waals surface area contributed by atoms with Crippen LogP contribution in [0.1, 0.15) is 64.0 Å². The average molecular weight is 494 g/mol. The minimum atomic E-state index is -0.847. The van der Waals surface area contributed by atoms with Gasteiger partial charge in [0.05, 0.1) is 12.0 Å². The van der Waals surface area contributed by atoms with Crippen molar-refractivity contribution in [3.8, 4) is 5.75 Å². The van der Waals surface area contributed by atoms with Gasteiger partial charge in [-0.2, -0.15) is 5.06 Å². The summed E-state index contributed by atoms with van der Waals surface area (Å²) in [4.78, 5) is 30.2. The molecule has 2 heterocycles. The van der Waals surface area contributed by atoms with Gasteiger partial charge in [0.25, 0.3) is 5.69 Å². The van der Waals surface area contributed by atoms with E-state index < -0.39 is 16.9 Å². The van der Waals surface area contributed by atoms with Gasteiger partial charge >= 0.3 is 0 Å². The number of fused-ring (bicyclic) bond motifs is 1. The van der Waals surface area contributed by atoms with Gasteiger partial charge < -0.3 is 14.1 Å². The number of aldehydes is 1. The zero-order valence-corrected chi connectivity index (χ0v) is 21.9. The topological polar surface area (TPSA) is 86.8 Å². The van der Waals surface area contributed by atoms with Crippen molar-refractivity contribution >= 4 is 22.9 Å². The summed E-state index contributed by atoms with van der Waals surface area (Å²) >= 11 is 0. The number of hydroxylamine groups is 2. The fourth-order valence-corrected chi connectivity index (χ4v) is 5.67. The van der Waals surface area contributed by atoms with Crippen molar-refractivity contribution in [3.63, 3.8) is 0 Å². The molecular formula is C28H35N3O5. The van der Waals surface area contributed by atoms with Crippen LogP contribution in [0.15, 0.2) is 48.7 Å². The Morgan fingerprint density at radius 3 is 2.25 bits per heavy atom. The number of aryl methyl sites for hydroxylation is 1. The molecule has 2 atom stereocenters. The maximum absolute atomic E-state index is 12.7. The lowest BCUT2D eigenvalue weighted by Gasteiger charge is -2.52. The number of ether oxygens (including phenoxy) is 1. The Morgan fingerprint density at radius 1 is 1.06 bits per heavy atom. The van der Waals surface area contributed by atoms with Crippen LogP contribution in [0, 0.1) is 10.1 Å². The molecule has 0 saturated carbocycles. The van der Waals surface area contributed by atoms with Crippen molar-refractivity contribution in [1.82, 2.24) is 9.63 Å². The van der Waals surface area contributed by atoms with Crippen LogP contribution in [0.4, 0.5) is 5.69 Å². The molecule has 1 aliphatic heterocycles. The Hall–Kier alpha value is -3.23. The number of nitro groups is 1. The van der Waals surface area contributed by atoms with Gasteiger partial charge in [-0.15, -0.1) is 0 Å². The van der Waals surface area contributed by atoms with Crippen LogP contribution in [-0.4, -0.2) is 45.1 Å². The second-order valence-electron chi connectivity index (χ2n) is 10.9. The maximum atomic E-state index is 12.7. The standard InChI is InChI=1S/C28H35N3O5/c1-27(2)14-7-15-28(3,4)31(27)36-25(18-32)26(19-8-10-20(11-9-19)30(33)34)23-17-29(5)24-13-12-21(35-6)16-22(23)24/h8-13,16-18,25-26H,7,14-15H2,1-6H3/t25-,26+/m1/s1. The minimum absolute atomic E-state index is 0.000965. The summed E-state index contributed by atoms with van der Waals surface area (Å²) < 4.78 is 7.50. The van der Waals surface area contributed by atoms with Crippen molar-refractivity contribution in [2.24, 2.45) is 7.05 Å². The lowest BCUT2D eigenvalue weighted by Crippen LogP contribution is -2.59. The lowest BCUT2D eigenvalue weighted by atomic mass is 9.82. The van der Waals surface area contributed by atoms with Gasteiger partial charge in [-0.3, -0.25) is 15.0 Å². The van der Waals surface area contributed by atoms with Crippen molar-refractivity contribution < 1.29 is 19.3 Å². The number of non-ortho nitro benzene ring substituents is 1. The van der Waals surface area contributed by atoms with Crippen LogP contribution in [0.5, 0.6) is 5.75 Å². The highest BCUT2D eigenvalue weighted by atomic mass is 16.7. The van der Waals surface area contributed by atoms with Gasteiger partial charge in [-0.05, 0) is 76.3 Å². The molecular weight excluding hydrogens is 458 g/mol. The smallest absolute Gasteiger partial charge is 0.269 e. The number of rotatable bonds is 8. The number of carbonyl (C=O) groups is 1. The van der Waals surface area contributed by atoms with E-state index in [-0.39, 0.29) is 16.8 Å². The number of benzene rings is 2. The van der Waals surface area contributed by atoms with E-state index in [4.69, 9.17) is 9.57 Å². The first-order valence-electron chi connectivity index (χ1n) is 12.3. The summed E-state index contributed by atoms with van der Waals surface area (Å²) in [5.41, 5.74) is 2.13. The van der Waals surface area contributed by atoms with Gasteiger partial charge in [0, 0.05) is 53.3 Å². The molecule has 1 aromatic heterocycles. The fraction of sp³-hybridized carbons (Fsp3) is 0.464. The van der Waals surface area contributed by atoms with E-state index >= 15 is 0 Å². The molecule has 0 N–H and O–H groups in total. The van der Waals surface area contributed by atoms with E-state index in [0.717, 1.165) is 47.6 Å². The van der Waals surface area contributed by atoms with Crippen LogP contribution in [0.25, 0.3) is 10.9 Å². The van der Waals surface area contributed by atoms with Crippen LogP contribution in [0.3, 0.4) is 0 Å². The Kier molecular flexibility index (Phi) is 6.94. The van der Waals surface area contributed by atoms with E-state index in [9.17, 15) is 14.9 Å². The third-order valence-corrected chi connectivity index (χ3v) is 7.39. The molecule has 2 aromatic carbocycles. The van der Waals surface area contributed by atoms with E-state index in [2.05, 4.69) is 27.7 Å². The number of nitro benzene ring substituents is 1. The number of piperidine rings is 1. The molecule has 8 nitrogen and oxygen atoms in total. The largest absolute Gasteiger partial charge is 0.497 e. The molecule has 192 valence electrons. The summed E-state index contributed by atoms with van der Waals surface area (Å²) in [5.74, 6) is 0.215. The Balaban J connectivity index is 1.87. The molecule has 3 aromatic rings. The summed E-state index contributed by atoms with van der Waals surface area (Å²) in [6, 6.07) is 12.2. The summed E-state index contributed by atoms with van der Waals surface area (Å²) in [6.45, 7) is 8.55. The van der Waals surface area contributed by atoms with Crippen LogP contribution >= 0.6 is 0 Å². The van der Waals surface area contributed by atoms with E-state index in [1.54, 1.807) is 19.2 Å². The molecule has 1 fully saturated rings. The molecule has 4 rings (SSSR count). The fourth-order valence-electron chi connectivity index (χ4n) is 5.67. The molecule has 0 radical (unpaired) electrons. The predicted molar refractivity (Wildman–Crippen MR) is 139 cm³/mol. The number of nitrogens with zero attached hydrogens (tertiary/aromatic N) is 3. The van der Waals surface area contributed by atoms with Crippen LogP contribution in [-0.2, 0) is 16.7 Å². The molecule has 1 saturated heterocycles. The van der Waals surface area contributed by atoms with Gasteiger partial charge in [-0.25, -0.2) is 0 Å². The van der Waals surface area contributed by atoms with E-state index in [1.807, 2.05) is 41.1 Å². The lowest BCUT2D eigenvalue weighted by molar-refractivity contribution is -0.384. The zero-order valence-electron chi connectivity index (χ0n) is 21.9. The number of aromatic nitrogens is 1. The monoisotopic (exact) mass is 493 g/mol. The molecule has 0 spiro atoms. The zero-order chi connectivity index (χ0) is 26.3. The molecule has 0 aliphatic carbocycles. The molecule has 0 unspecified atom stereocenters. The number of hydrogen-bond donors (Lipinski definition) is 0. The molecule has 8 heteroatoms. The molecule has 1 aliphatic rings. The maximum Gasteiger partial charge on any atom is 0.269 e. The first kappa shape index (κ1) is 25.9. The van der Waals surface area contributed by atoms with E-state index in [1.165, 1.54) is 12.1 Å². The Bertz CT molecular complexity index is 1250. The van der Waals surface area contributed by atoms with Crippen LogP contribution in [0.2, 0.25) is 0 Å². The first-order valence-corrected chi connectivity index (χ1v) is 12.3. The van der Waals surface area contributed by atoms with Crippen molar-refractivity contribution in [2.45, 2.75) is 70.1 Å². The predicted octanol–water partition coefficient (Wildman–Crippen LogP) is 5.77. The highest BCUT2D eigenvalue weighted by molar-refractivity contribution is 5.87.